The second-order valence-electron chi connectivity index (χ2n) is 8.19. The minimum absolute atomic E-state index is 0.0682. The molecule has 0 atom stereocenters. The number of nitrogens with one attached hydrogen (secondary N) is 1. The Bertz CT molecular complexity index is 1200. The third kappa shape index (κ3) is 5.15. The van der Waals surface area contributed by atoms with Gasteiger partial charge in [-0.3, -0.25) is 9.69 Å². The summed E-state index contributed by atoms with van der Waals surface area (Å²) in [5.41, 5.74) is 4.12. The van der Waals surface area contributed by atoms with E-state index in [0.29, 0.717) is 6.54 Å². The minimum atomic E-state index is -1.82. The van der Waals surface area contributed by atoms with Gasteiger partial charge in [0.05, 0.1) is 17.7 Å². The molecule has 2 aromatic carbocycles. The molecule has 1 fully saturated rings. The molecule has 9 heteroatoms. The number of carbonyl (C=O) groups is 3. The fourth-order valence-corrected chi connectivity index (χ4v) is 4.35. The Balaban J connectivity index is 0.000000408. The molecule has 3 aromatic rings. The molecule has 0 radical (unpaired) electrons. The molecule has 5 rings (SSSR count). The van der Waals surface area contributed by atoms with Crippen LogP contribution in [-0.4, -0.2) is 64.1 Å². The van der Waals surface area contributed by atoms with Crippen LogP contribution in [0.15, 0.2) is 54.6 Å². The summed E-state index contributed by atoms with van der Waals surface area (Å²) in [4.78, 5) is 40.4. The SMILES string of the molecule is O=C(CN1CCCC1)Nc1c2c(nc3ccccc13)N(c1ccccc1)CC2.O=C(O)C(=O)O. The van der Waals surface area contributed by atoms with Gasteiger partial charge in [-0.25, -0.2) is 14.6 Å². The normalized spacial score (nSPS) is 14.9. The van der Waals surface area contributed by atoms with E-state index in [9.17, 15) is 4.79 Å². The van der Waals surface area contributed by atoms with E-state index in [-0.39, 0.29) is 5.91 Å². The smallest absolute Gasteiger partial charge is 0.414 e. The van der Waals surface area contributed by atoms with Gasteiger partial charge in [-0.2, -0.15) is 0 Å². The lowest BCUT2D eigenvalue weighted by atomic mass is 10.1. The van der Waals surface area contributed by atoms with Crippen LogP contribution in [-0.2, 0) is 20.8 Å². The molecule has 2 aliphatic heterocycles. The molecule has 1 aromatic heterocycles. The van der Waals surface area contributed by atoms with Crippen LogP contribution < -0.4 is 10.2 Å². The fraction of sp³-hybridized carbons (Fsp3) is 0.280. The van der Waals surface area contributed by atoms with Crippen LogP contribution in [0.3, 0.4) is 0 Å². The Morgan fingerprint density at radius 2 is 1.53 bits per heavy atom. The summed E-state index contributed by atoms with van der Waals surface area (Å²) in [5, 5.41) is 19.0. The standard InChI is InChI=1S/C23H24N4O.C2H2O4/c28-21(16-26-13-6-7-14-26)25-22-18-10-4-5-11-20(18)24-23-19(22)12-15-27(23)17-8-2-1-3-9-17;3-1(4)2(5)6/h1-5,8-11H,6-7,12-16H2,(H,24,25,28);(H,3,4)(H,5,6). The van der Waals surface area contributed by atoms with E-state index in [1.807, 2.05) is 36.4 Å². The molecule has 0 aliphatic carbocycles. The summed E-state index contributed by atoms with van der Waals surface area (Å²) in [7, 11) is 0. The van der Waals surface area contributed by atoms with Crippen molar-refractivity contribution in [2.75, 3.05) is 36.4 Å². The van der Waals surface area contributed by atoms with E-state index < -0.39 is 11.9 Å². The molecule has 0 bridgehead atoms. The first-order valence-electron chi connectivity index (χ1n) is 11.2. The fourth-order valence-electron chi connectivity index (χ4n) is 4.35. The molecule has 2 aliphatic rings. The van der Waals surface area contributed by atoms with E-state index in [4.69, 9.17) is 24.8 Å². The second-order valence-corrected chi connectivity index (χ2v) is 8.19. The van der Waals surface area contributed by atoms with Crippen LogP contribution >= 0.6 is 0 Å². The number of anilines is 3. The van der Waals surface area contributed by atoms with Gasteiger partial charge in [0, 0.05) is 23.2 Å². The van der Waals surface area contributed by atoms with Crippen molar-refractivity contribution in [2.45, 2.75) is 19.3 Å². The summed E-state index contributed by atoms with van der Waals surface area (Å²) in [6, 6.07) is 18.4. The molecule has 9 nitrogen and oxygen atoms in total. The third-order valence-corrected chi connectivity index (χ3v) is 5.89. The lowest BCUT2D eigenvalue weighted by molar-refractivity contribution is -0.159. The van der Waals surface area contributed by atoms with Crippen LogP contribution in [0.5, 0.6) is 0 Å². The number of nitrogens with zero attached hydrogens (tertiary/aromatic N) is 3. The highest BCUT2D eigenvalue weighted by atomic mass is 16.4. The quantitative estimate of drug-likeness (QED) is 0.506. The zero-order valence-corrected chi connectivity index (χ0v) is 18.6. The number of rotatable bonds is 4. The number of carboxylic acid groups (broad SMARTS) is 2. The molecule has 3 heterocycles. The summed E-state index contributed by atoms with van der Waals surface area (Å²) in [5.74, 6) is -2.62. The number of hydrogen-bond acceptors (Lipinski definition) is 6. The summed E-state index contributed by atoms with van der Waals surface area (Å²) >= 11 is 0. The van der Waals surface area contributed by atoms with Gasteiger partial charge in [-0.05, 0) is 50.6 Å². The monoisotopic (exact) mass is 462 g/mol. The van der Waals surface area contributed by atoms with Crippen LogP contribution in [0.2, 0.25) is 0 Å². The highest BCUT2D eigenvalue weighted by molar-refractivity contribution is 6.27. The summed E-state index contributed by atoms with van der Waals surface area (Å²) in [6.45, 7) is 3.38. The Labute approximate surface area is 196 Å². The number of benzene rings is 2. The maximum atomic E-state index is 12.8. The molecule has 34 heavy (non-hydrogen) atoms. The summed E-state index contributed by atoms with van der Waals surface area (Å²) < 4.78 is 0. The first-order valence-corrected chi connectivity index (χ1v) is 11.2. The van der Waals surface area contributed by atoms with Crippen molar-refractivity contribution in [3.05, 3.63) is 60.2 Å². The van der Waals surface area contributed by atoms with Crippen molar-refractivity contribution in [2.24, 2.45) is 0 Å². The largest absolute Gasteiger partial charge is 0.473 e. The predicted molar refractivity (Wildman–Crippen MR) is 128 cm³/mol. The van der Waals surface area contributed by atoms with Crippen molar-refractivity contribution in [1.82, 2.24) is 9.88 Å². The van der Waals surface area contributed by atoms with Crippen molar-refractivity contribution >= 4 is 45.9 Å². The number of likely N-dealkylation sites (tertiary alicyclic amines) is 1. The number of aromatic nitrogens is 1. The first kappa shape index (κ1) is 23.2. The lowest BCUT2D eigenvalue weighted by Gasteiger charge is -2.20. The average molecular weight is 463 g/mol. The van der Waals surface area contributed by atoms with Crippen molar-refractivity contribution in [3.63, 3.8) is 0 Å². The Kier molecular flexibility index (Phi) is 7.03. The number of para-hydroxylation sites is 2. The van der Waals surface area contributed by atoms with Crippen LogP contribution in [0.1, 0.15) is 18.4 Å². The average Bonchev–Trinajstić information content (AvgIpc) is 3.50. The van der Waals surface area contributed by atoms with Gasteiger partial charge in [0.25, 0.3) is 0 Å². The number of pyridine rings is 1. The van der Waals surface area contributed by atoms with E-state index in [1.54, 1.807) is 0 Å². The maximum absolute atomic E-state index is 12.8. The van der Waals surface area contributed by atoms with Gasteiger partial charge in [0.1, 0.15) is 5.82 Å². The predicted octanol–water partition coefficient (Wildman–Crippen LogP) is 3.12. The Morgan fingerprint density at radius 1 is 0.882 bits per heavy atom. The van der Waals surface area contributed by atoms with Gasteiger partial charge >= 0.3 is 11.9 Å². The van der Waals surface area contributed by atoms with Gasteiger partial charge in [-0.1, -0.05) is 36.4 Å². The third-order valence-electron chi connectivity index (χ3n) is 5.89. The van der Waals surface area contributed by atoms with Gasteiger partial charge < -0.3 is 20.4 Å². The molecule has 0 saturated carbocycles. The van der Waals surface area contributed by atoms with Crippen LogP contribution in [0.4, 0.5) is 17.2 Å². The van der Waals surface area contributed by atoms with Gasteiger partial charge in [-0.15, -0.1) is 0 Å². The van der Waals surface area contributed by atoms with Crippen molar-refractivity contribution < 1.29 is 24.6 Å². The number of hydrogen-bond donors (Lipinski definition) is 3. The maximum Gasteiger partial charge on any atom is 0.414 e. The van der Waals surface area contributed by atoms with E-state index >= 15 is 0 Å². The molecule has 0 spiro atoms. The van der Waals surface area contributed by atoms with E-state index in [2.05, 4.69) is 33.3 Å². The number of amides is 1. The van der Waals surface area contributed by atoms with Crippen LogP contribution in [0, 0.1) is 0 Å². The second kappa shape index (κ2) is 10.3. The van der Waals surface area contributed by atoms with Crippen molar-refractivity contribution in [1.29, 1.82) is 0 Å². The topological polar surface area (TPSA) is 123 Å². The first-order chi connectivity index (χ1) is 16.4. The Morgan fingerprint density at radius 3 is 2.21 bits per heavy atom. The number of carbonyl (C=O) groups excluding carboxylic acids is 1. The van der Waals surface area contributed by atoms with Crippen LogP contribution in [0.25, 0.3) is 10.9 Å². The molecular formula is C25H26N4O5. The van der Waals surface area contributed by atoms with E-state index in [1.165, 1.54) is 12.8 Å². The minimum Gasteiger partial charge on any atom is -0.473 e. The summed E-state index contributed by atoms with van der Waals surface area (Å²) in [6.07, 6.45) is 3.25. The molecule has 176 valence electrons. The van der Waals surface area contributed by atoms with Gasteiger partial charge in [0.2, 0.25) is 5.91 Å². The lowest BCUT2D eigenvalue weighted by Crippen LogP contribution is -2.31. The number of aliphatic carboxylic acids is 2. The molecule has 3 N–H and O–H groups in total. The zero-order chi connectivity index (χ0) is 24.1. The highest BCUT2D eigenvalue weighted by Gasteiger charge is 2.27. The molecular weight excluding hydrogens is 436 g/mol. The number of carboxylic acids is 2. The highest BCUT2D eigenvalue weighted by Crippen LogP contribution is 2.40. The Hall–Kier alpha value is -3.98. The molecule has 1 saturated heterocycles. The van der Waals surface area contributed by atoms with E-state index in [0.717, 1.165) is 59.7 Å². The zero-order valence-electron chi connectivity index (χ0n) is 18.6. The molecule has 1 amide bonds. The van der Waals surface area contributed by atoms with Gasteiger partial charge in [0.15, 0.2) is 0 Å². The number of fused-ring (bicyclic) bond motifs is 2. The van der Waals surface area contributed by atoms with Crippen molar-refractivity contribution in [3.8, 4) is 0 Å². The molecule has 0 unspecified atom stereocenters.